The van der Waals surface area contributed by atoms with Crippen LogP contribution in [0.2, 0.25) is 5.02 Å². The van der Waals surface area contributed by atoms with E-state index in [0.29, 0.717) is 29.6 Å². The minimum atomic E-state index is -4.81. The van der Waals surface area contributed by atoms with Gasteiger partial charge in [-0.15, -0.1) is 0 Å². The lowest BCUT2D eigenvalue weighted by atomic mass is 9.94. The lowest BCUT2D eigenvalue weighted by molar-refractivity contribution is -0.137. The van der Waals surface area contributed by atoms with E-state index in [2.05, 4.69) is 17.2 Å². The highest BCUT2D eigenvalue weighted by Gasteiger charge is 2.38. The highest BCUT2D eigenvalue weighted by atomic mass is 35.5. The maximum absolute atomic E-state index is 14.6. The van der Waals surface area contributed by atoms with Gasteiger partial charge in [0.2, 0.25) is 5.91 Å². The van der Waals surface area contributed by atoms with E-state index in [0.717, 1.165) is 24.8 Å². The molecule has 1 fully saturated rings. The Morgan fingerprint density at radius 2 is 1.81 bits per heavy atom. The molecule has 188 valence electrons. The second-order valence-corrected chi connectivity index (χ2v) is 9.29. The lowest BCUT2D eigenvalue weighted by Crippen LogP contribution is -2.23. The molecule has 0 bridgehead atoms. The van der Waals surface area contributed by atoms with E-state index in [1.54, 1.807) is 0 Å². The fourth-order valence-electron chi connectivity index (χ4n) is 4.15. The van der Waals surface area contributed by atoms with E-state index in [4.69, 9.17) is 16.7 Å². The van der Waals surface area contributed by atoms with Gasteiger partial charge in [0, 0.05) is 23.0 Å². The van der Waals surface area contributed by atoms with Gasteiger partial charge >= 0.3 is 12.1 Å². The van der Waals surface area contributed by atoms with Crippen molar-refractivity contribution >= 4 is 29.2 Å². The number of alkyl halides is 3. The summed E-state index contributed by atoms with van der Waals surface area (Å²) in [5.41, 5.74) is -1.21. The minimum Gasteiger partial charge on any atom is -0.478 e. The van der Waals surface area contributed by atoms with Crippen LogP contribution in [0.25, 0.3) is 11.1 Å². The number of carbonyl (C=O) groups is 2. The van der Waals surface area contributed by atoms with E-state index in [-0.39, 0.29) is 17.0 Å². The van der Waals surface area contributed by atoms with Crippen molar-refractivity contribution in [3.8, 4) is 11.1 Å². The van der Waals surface area contributed by atoms with Crippen LogP contribution in [0.5, 0.6) is 0 Å². The SMILES string of the molecule is CC1CC1CC(C(=O)Nc1ccc(C(=O)O)cc1)c1ccc(-c2c(C(F)(F)F)ccc(Cl)c2F)cn1. The number of carbonyl (C=O) groups excluding carboxylic acids is 1. The first kappa shape index (κ1) is 25.6. The van der Waals surface area contributed by atoms with Crippen LogP contribution in [-0.2, 0) is 11.0 Å². The van der Waals surface area contributed by atoms with Crippen LogP contribution in [0, 0.1) is 17.7 Å². The largest absolute Gasteiger partial charge is 0.478 e. The number of nitrogens with zero attached hydrogens (tertiary/aromatic N) is 1. The molecule has 0 saturated heterocycles. The number of carboxylic acid groups (broad SMARTS) is 1. The summed E-state index contributed by atoms with van der Waals surface area (Å²) in [6.07, 6.45) is -2.28. The third-order valence-corrected chi connectivity index (χ3v) is 6.65. The van der Waals surface area contributed by atoms with Crippen LogP contribution in [0.3, 0.4) is 0 Å². The first-order valence-electron chi connectivity index (χ1n) is 11.1. The van der Waals surface area contributed by atoms with E-state index in [9.17, 15) is 27.2 Å². The van der Waals surface area contributed by atoms with Crippen LogP contribution < -0.4 is 5.32 Å². The molecule has 3 unspecified atom stereocenters. The molecule has 10 heteroatoms. The topological polar surface area (TPSA) is 79.3 Å². The Morgan fingerprint density at radius 3 is 2.33 bits per heavy atom. The quantitative estimate of drug-likeness (QED) is 0.328. The van der Waals surface area contributed by atoms with Crippen molar-refractivity contribution in [2.24, 2.45) is 11.8 Å². The summed E-state index contributed by atoms with van der Waals surface area (Å²) >= 11 is 5.74. The molecule has 0 aliphatic heterocycles. The average molecular weight is 521 g/mol. The molecule has 1 aromatic heterocycles. The number of carboxylic acids is 1. The van der Waals surface area contributed by atoms with Crippen LogP contribution >= 0.6 is 11.6 Å². The fourth-order valence-corrected chi connectivity index (χ4v) is 4.30. The van der Waals surface area contributed by atoms with E-state index < -0.39 is 40.0 Å². The van der Waals surface area contributed by atoms with Crippen molar-refractivity contribution in [1.82, 2.24) is 4.98 Å². The third-order valence-electron chi connectivity index (χ3n) is 6.36. The Balaban J connectivity index is 1.63. The van der Waals surface area contributed by atoms with Crippen LogP contribution in [0.1, 0.15) is 47.3 Å². The minimum absolute atomic E-state index is 0.0695. The zero-order valence-corrected chi connectivity index (χ0v) is 19.7. The van der Waals surface area contributed by atoms with Gasteiger partial charge in [-0.3, -0.25) is 9.78 Å². The summed E-state index contributed by atoms with van der Waals surface area (Å²) in [6.45, 7) is 2.06. The van der Waals surface area contributed by atoms with Gasteiger partial charge in [0.05, 0.1) is 27.8 Å². The van der Waals surface area contributed by atoms with E-state index in [1.807, 2.05) is 0 Å². The van der Waals surface area contributed by atoms with Crippen LogP contribution in [0.15, 0.2) is 54.7 Å². The van der Waals surface area contributed by atoms with Gasteiger partial charge in [0.1, 0.15) is 5.82 Å². The molecule has 3 aromatic rings. The molecule has 5 nitrogen and oxygen atoms in total. The molecule has 1 saturated carbocycles. The summed E-state index contributed by atoms with van der Waals surface area (Å²) in [5.74, 6) is -2.67. The number of aromatic nitrogens is 1. The molecule has 4 rings (SSSR count). The number of hydrogen-bond acceptors (Lipinski definition) is 3. The van der Waals surface area contributed by atoms with E-state index in [1.165, 1.54) is 36.4 Å². The summed E-state index contributed by atoms with van der Waals surface area (Å²) in [7, 11) is 0. The first-order valence-corrected chi connectivity index (χ1v) is 11.5. The number of anilines is 1. The Labute approximate surface area is 209 Å². The van der Waals surface area contributed by atoms with Gasteiger partial charge < -0.3 is 10.4 Å². The van der Waals surface area contributed by atoms with Crippen LogP contribution in [-0.4, -0.2) is 22.0 Å². The molecule has 2 N–H and O–H groups in total. The van der Waals surface area contributed by atoms with Gasteiger partial charge in [-0.2, -0.15) is 13.2 Å². The maximum Gasteiger partial charge on any atom is 0.417 e. The van der Waals surface area contributed by atoms with Crippen molar-refractivity contribution in [1.29, 1.82) is 0 Å². The van der Waals surface area contributed by atoms with Crippen LogP contribution in [0.4, 0.5) is 23.2 Å². The molecule has 1 heterocycles. The van der Waals surface area contributed by atoms with Gasteiger partial charge in [-0.25, -0.2) is 9.18 Å². The standard InChI is InChI=1S/C26H21ClF4N2O3/c1-13-10-16(13)11-18(24(34)33-17-5-2-14(3-6-17)25(35)36)21-9-4-15(12-32-21)22-19(26(29,30)31)7-8-20(27)23(22)28/h2-9,12-13,16,18H,10-11H2,1H3,(H,33,34)(H,35,36). The van der Waals surface area contributed by atoms with Gasteiger partial charge in [0.25, 0.3) is 0 Å². The number of amides is 1. The number of halogens is 5. The molecule has 1 aliphatic rings. The predicted molar refractivity (Wildman–Crippen MR) is 126 cm³/mol. The lowest BCUT2D eigenvalue weighted by Gasteiger charge is -2.18. The Bertz CT molecular complexity index is 1290. The number of aromatic carboxylic acids is 1. The Hall–Kier alpha value is -3.46. The summed E-state index contributed by atoms with van der Waals surface area (Å²) in [5, 5.41) is 11.3. The normalized spacial score (nSPS) is 17.9. The number of benzene rings is 2. The first-order chi connectivity index (χ1) is 17.0. The number of rotatable bonds is 7. The Kier molecular flexibility index (Phi) is 7.04. The predicted octanol–water partition coefficient (Wildman–Crippen LogP) is 7.03. The highest BCUT2D eigenvalue weighted by Crippen LogP contribution is 2.45. The molecule has 3 atom stereocenters. The van der Waals surface area contributed by atoms with Gasteiger partial charge in [0.15, 0.2) is 0 Å². The summed E-state index contributed by atoms with van der Waals surface area (Å²) in [4.78, 5) is 28.4. The van der Waals surface area contributed by atoms with Gasteiger partial charge in [-0.05, 0) is 67.1 Å². The zero-order chi connectivity index (χ0) is 26.2. The van der Waals surface area contributed by atoms with Crippen molar-refractivity contribution in [3.63, 3.8) is 0 Å². The van der Waals surface area contributed by atoms with Crippen molar-refractivity contribution in [2.45, 2.75) is 31.9 Å². The maximum atomic E-state index is 14.6. The smallest absolute Gasteiger partial charge is 0.417 e. The summed E-state index contributed by atoms with van der Waals surface area (Å²) in [6, 6.07) is 9.94. The van der Waals surface area contributed by atoms with Crippen molar-refractivity contribution in [3.05, 3.63) is 82.4 Å². The Morgan fingerprint density at radius 1 is 1.14 bits per heavy atom. The zero-order valence-electron chi connectivity index (χ0n) is 18.9. The van der Waals surface area contributed by atoms with Crippen molar-refractivity contribution < 1.29 is 32.3 Å². The average Bonchev–Trinajstić information content (AvgIpc) is 3.53. The molecule has 1 amide bonds. The fraction of sp³-hybridized carbons (Fsp3) is 0.269. The van der Waals surface area contributed by atoms with Gasteiger partial charge in [-0.1, -0.05) is 24.6 Å². The van der Waals surface area contributed by atoms with E-state index >= 15 is 0 Å². The number of pyridine rings is 1. The molecular formula is C26H21ClF4N2O3. The molecule has 0 spiro atoms. The second-order valence-electron chi connectivity index (χ2n) is 8.89. The monoisotopic (exact) mass is 520 g/mol. The second kappa shape index (κ2) is 9.89. The molecular weight excluding hydrogens is 500 g/mol. The number of hydrogen-bond donors (Lipinski definition) is 2. The molecule has 36 heavy (non-hydrogen) atoms. The number of nitrogens with one attached hydrogen (secondary N) is 1. The summed E-state index contributed by atoms with van der Waals surface area (Å²) < 4.78 is 55.2. The third kappa shape index (κ3) is 5.51. The molecule has 1 aliphatic carbocycles. The van der Waals surface area contributed by atoms with Crippen molar-refractivity contribution in [2.75, 3.05) is 5.32 Å². The highest BCUT2D eigenvalue weighted by molar-refractivity contribution is 6.31. The molecule has 0 radical (unpaired) electrons. The molecule has 2 aromatic carbocycles.